The van der Waals surface area contributed by atoms with E-state index < -0.39 is 0 Å². The molecule has 1 aromatic rings. The van der Waals surface area contributed by atoms with Gasteiger partial charge in [-0.15, -0.1) is 0 Å². The van der Waals surface area contributed by atoms with Crippen molar-refractivity contribution in [1.29, 1.82) is 0 Å². The average molecular weight is 247 g/mol. The van der Waals surface area contributed by atoms with E-state index in [-0.39, 0.29) is 16.7 Å². The minimum atomic E-state index is -0.0396. The predicted octanol–water partition coefficient (Wildman–Crippen LogP) is 3.40. The zero-order valence-electron chi connectivity index (χ0n) is 12.4. The summed E-state index contributed by atoms with van der Waals surface area (Å²) < 4.78 is 0. The molecule has 18 heavy (non-hydrogen) atoms. The van der Waals surface area contributed by atoms with Gasteiger partial charge >= 0.3 is 0 Å². The van der Waals surface area contributed by atoms with Gasteiger partial charge in [0.25, 0.3) is 0 Å². The van der Waals surface area contributed by atoms with E-state index in [0.717, 1.165) is 0 Å². The maximum atomic E-state index is 11.0. The fourth-order valence-corrected chi connectivity index (χ4v) is 1.87. The molecule has 0 spiro atoms. The first-order chi connectivity index (χ1) is 8.13. The highest BCUT2D eigenvalue weighted by Crippen LogP contribution is 2.27. The largest absolute Gasteiger partial charge is 0.355 e. The summed E-state index contributed by atoms with van der Waals surface area (Å²) in [6, 6.07) is 8.71. The van der Waals surface area contributed by atoms with Crippen LogP contribution in [0.3, 0.4) is 0 Å². The number of nitrogens with one attached hydrogen (secondary N) is 1. The number of rotatable bonds is 3. The molecule has 0 heterocycles. The van der Waals surface area contributed by atoms with Gasteiger partial charge < -0.3 is 5.32 Å². The molecule has 0 unspecified atom stereocenters. The molecule has 2 nitrogen and oxygen atoms in total. The fraction of sp³-hybridized carbons (Fsp3) is 0.562. The van der Waals surface area contributed by atoms with Crippen LogP contribution in [0.15, 0.2) is 24.3 Å². The van der Waals surface area contributed by atoms with Gasteiger partial charge in [-0.25, -0.2) is 0 Å². The number of hydrogen-bond donors (Lipinski definition) is 1. The Morgan fingerprint density at radius 2 is 1.44 bits per heavy atom. The normalized spacial score (nSPS) is 12.3. The lowest BCUT2D eigenvalue weighted by atomic mass is 9.81. The first-order valence-electron chi connectivity index (χ1n) is 6.48. The molecule has 0 fully saturated rings. The van der Waals surface area contributed by atoms with E-state index >= 15 is 0 Å². The van der Waals surface area contributed by atoms with Crippen molar-refractivity contribution in [3.8, 4) is 0 Å². The number of carbonyl (C=O) groups is 1. The summed E-state index contributed by atoms with van der Waals surface area (Å²) in [5, 5.41) is 2.89. The Morgan fingerprint density at radius 1 is 1.00 bits per heavy atom. The van der Waals surface area contributed by atoms with Crippen molar-refractivity contribution in [2.75, 3.05) is 6.54 Å². The van der Waals surface area contributed by atoms with Crippen molar-refractivity contribution in [2.45, 2.75) is 52.4 Å². The predicted molar refractivity (Wildman–Crippen MR) is 76.9 cm³/mol. The Hall–Kier alpha value is -1.31. The summed E-state index contributed by atoms with van der Waals surface area (Å²) in [7, 11) is 0. The van der Waals surface area contributed by atoms with Crippen molar-refractivity contribution < 1.29 is 4.79 Å². The second kappa shape index (κ2) is 5.13. The van der Waals surface area contributed by atoms with Crippen LogP contribution in [0.5, 0.6) is 0 Å². The smallest absolute Gasteiger partial charge is 0.216 e. The van der Waals surface area contributed by atoms with Gasteiger partial charge in [-0.2, -0.15) is 0 Å². The van der Waals surface area contributed by atoms with E-state index in [2.05, 4.69) is 64.2 Å². The molecule has 1 amide bonds. The minimum absolute atomic E-state index is 0.0226. The molecule has 0 aliphatic heterocycles. The Labute approximate surface area is 111 Å². The van der Waals surface area contributed by atoms with Gasteiger partial charge in [0, 0.05) is 18.9 Å². The molecule has 0 aliphatic carbocycles. The molecule has 0 saturated heterocycles. The van der Waals surface area contributed by atoms with Crippen molar-refractivity contribution in [1.82, 2.24) is 5.32 Å². The zero-order chi connectivity index (χ0) is 14.0. The Morgan fingerprint density at radius 3 is 1.83 bits per heavy atom. The first-order valence-corrected chi connectivity index (χ1v) is 6.48. The summed E-state index contributed by atoms with van der Waals surface area (Å²) >= 11 is 0. The van der Waals surface area contributed by atoms with Crippen LogP contribution in [0.25, 0.3) is 0 Å². The Bertz CT molecular complexity index is 410. The van der Waals surface area contributed by atoms with Gasteiger partial charge in [-0.05, 0) is 16.5 Å². The molecule has 0 bridgehead atoms. The van der Waals surface area contributed by atoms with Gasteiger partial charge in [-0.1, -0.05) is 58.9 Å². The molecule has 2 heteroatoms. The molecule has 1 rings (SSSR count). The van der Waals surface area contributed by atoms with Crippen LogP contribution in [0.2, 0.25) is 0 Å². The molecular weight excluding hydrogens is 222 g/mol. The highest BCUT2D eigenvalue weighted by Gasteiger charge is 2.21. The zero-order valence-corrected chi connectivity index (χ0v) is 12.4. The molecule has 1 N–H and O–H groups in total. The fourth-order valence-electron chi connectivity index (χ4n) is 1.87. The summed E-state index contributed by atoms with van der Waals surface area (Å²) in [5.41, 5.74) is 2.73. The highest BCUT2D eigenvalue weighted by atomic mass is 16.1. The number of carbonyl (C=O) groups excluding carboxylic acids is 1. The molecule has 100 valence electrons. The topological polar surface area (TPSA) is 29.1 Å². The van der Waals surface area contributed by atoms with Crippen LogP contribution in [-0.4, -0.2) is 12.5 Å². The van der Waals surface area contributed by atoms with E-state index in [1.54, 1.807) is 6.92 Å². The minimum Gasteiger partial charge on any atom is -0.355 e. The van der Waals surface area contributed by atoms with E-state index in [0.29, 0.717) is 6.54 Å². The van der Waals surface area contributed by atoms with Crippen LogP contribution in [0, 0.1) is 0 Å². The quantitative estimate of drug-likeness (QED) is 0.871. The molecule has 0 aromatic heterocycles. The van der Waals surface area contributed by atoms with Crippen LogP contribution in [-0.2, 0) is 15.6 Å². The highest BCUT2D eigenvalue weighted by molar-refractivity contribution is 5.72. The summed E-state index contributed by atoms with van der Waals surface area (Å²) in [6.45, 7) is 13.2. The van der Waals surface area contributed by atoms with E-state index in [1.165, 1.54) is 11.1 Å². The first kappa shape index (κ1) is 14.7. The lowest BCUT2D eigenvalue weighted by molar-refractivity contribution is -0.119. The van der Waals surface area contributed by atoms with Gasteiger partial charge in [0.2, 0.25) is 5.91 Å². The molecular formula is C16H25NO. The van der Waals surface area contributed by atoms with Gasteiger partial charge in [0.15, 0.2) is 0 Å². The summed E-state index contributed by atoms with van der Waals surface area (Å²) in [5.74, 6) is 0.0226. The SMILES string of the molecule is CC(=O)NCC(C)(C)c1ccc(C(C)(C)C)cc1. The van der Waals surface area contributed by atoms with Gasteiger partial charge in [-0.3, -0.25) is 4.79 Å². The van der Waals surface area contributed by atoms with Crippen LogP contribution in [0.4, 0.5) is 0 Å². The lowest BCUT2D eigenvalue weighted by Crippen LogP contribution is -2.35. The van der Waals surface area contributed by atoms with Crippen molar-refractivity contribution in [3.63, 3.8) is 0 Å². The number of hydrogen-bond acceptors (Lipinski definition) is 1. The molecule has 0 saturated carbocycles. The lowest BCUT2D eigenvalue weighted by Gasteiger charge is -2.27. The molecule has 1 aromatic carbocycles. The molecule has 0 radical (unpaired) electrons. The molecule has 0 atom stereocenters. The van der Waals surface area contributed by atoms with E-state index in [9.17, 15) is 4.79 Å². The van der Waals surface area contributed by atoms with Crippen molar-refractivity contribution in [3.05, 3.63) is 35.4 Å². The average Bonchev–Trinajstić information content (AvgIpc) is 2.26. The third-order valence-electron chi connectivity index (χ3n) is 3.31. The number of benzene rings is 1. The third-order valence-corrected chi connectivity index (χ3v) is 3.31. The van der Waals surface area contributed by atoms with Crippen LogP contribution in [0.1, 0.15) is 52.7 Å². The second-order valence-corrected chi connectivity index (χ2v) is 6.62. The third kappa shape index (κ3) is 3.86. The van der Waals surface area contributed by atoms with Crippen LogP contribution >= 0.6 is 0 Å². The molecule has 0 aliphatic rings. The number of amides is 1. The monoisotopic (exact) mass is 247 g/mol. The summed E-state index contributed by atoms with van der Waals surface area (Å²) in [6.07, 6.45) is 0. The van der Waals surface area contributed by atoms with Gasteiger partial charge in [0.1, 0.15) is 0 Å². The second-order valence-electron chi connectivity index (χ2n) is 6.62. The maximum absolute atomic E-state index is 11.0. The van der Waals surface area contributed by atoms with E-state index in [4.69, 9.17) is 0 Å². The van der Waals surface area contributed by atoms with E-state index in [1.807, 2.05) is 0 Å². The van der Waals surface area contributed by atoms with Crippen LogP contribution < -0.4 is 5.32 Å². The summed E-state index contributed by atoms with van der Waals surface area (Å²) in [4.78, 5) is 11.0. The van der Waals surface area contributed by atoms with Crippen molar-refractivity contribution in [2.24, 2.45) is 0 Å². The van der Waals surface area contributed by atoms with Crippen molar-refractivity contribution >= 4 is 5.91 Å². The Kier molecular flexibility index (Phi) is 4.20. The standard InChI is InChI=1S/C16H25NO/c1-12(18)17-11-16(5,6)14-9-7-13(8-10-14)15(2,3)4/h7-10H,11H2,1-6H3,(H,17,18). The maximum Gasteiger partial charge on any atom is 0.216 e. The van der Waals surface area contributed by atoms with Gasteiger partial charge in [0.05, 0.1) is 0 Å². The Balaban J connectivity index is 2.87.